The van der Waals surface area contributed by atoms with Crippen LogP contribution < -0.4 is 10.1 Å². The van der Waals surface area contributed by atoms with E-state index in [0.29, 0.717) is 12.3 Å². The summed E-state index contributed by atoms with van der Waals surface area (Å²) in [5.74, 6) is 0.565. The van der Waals surface area contributed by atoms with Crippen molar-refractivity contribution in [1.29, 1.82) is 0 Å². The molecule has 2 aromatic carbocycles. The predicted molar refractivity (Wildman–Crippen MR) is 87.4 cm³/mol. The molecular weight excluding hydrogens is 333 g/mol. The van der Waals surface area contributed by atoms with E-state index in [9.17, 15) is 4.39 Å². The summed E-state index contributed by atoms with van der Waals surface area (Å²) in [5, 5.41) is 3.33. The molecule has 0 aliphatic carbocycles. The monoisotopic (exact) mass is 351 g/mol. The zero-order valence-electron chi connectivity index (χ0n) is 12.2. The Bertz CT molecular complexity index is 616. The van der Waals surface area contributed by atoms with Crippen LogP contribution in [-0.2, 0) is 6.54 Å². The third kappa shape index (κ3) is 4.55. The summed E-state index contributed by atoms with van der Waals surface area (Å²) < 4.78 is 20.5. The third-order valence-corrected chi connectivity index (χ3v) is 3.57. The molecule has 0 saturated heterocycles. The van der Waals surface area contributed by atoms with Gasteiger partial charge in [0, 0.05) is 16.6 Å². The Morgan fingerprint density at radius 1 is 1.14 bits per heavy atom. The smallest absolute Gasteiger partial charge is 0.165 e. The standard InChI is InChI=1S/C17H19BrFNO/c1-3-8-20-11-13-5-6-14(18)10-16(13)21-17-9-12(2)4-7-15(17)19/h4-7,9-10,20H,3,8,11H2,1-2H3. The Kier molecular flexibility index (Phi) is 5.76. The molecule has 0 amide bonds. The van der Waals surface area contributed by atoms with Gasteiger partial charge in [0.05, 0.1) is 0 Å². The average Bonchev–Trinajstić information content (AvgIpc) is 2.45. The minimum absolute atomic E-state index is 0.254. The largest absolute Gasteiger partial charge is 0.454 e. The van der Waals surface area contributed by atoms with E-state index < -0.39 is 0 Å². The molecule has 2 aromatic rings. The summed E-state index contributed by atoms with van der Waals surface area (Å²) >= 11 is 3.43. The van der Waals surface area contributed by atoms with E-state index in [2.05, 4.69) is 28.2 Å². The molecule has 4 heteroatoms. The SMILES string of the molecule is CCCNCc1ccc(Br)cc1Oc1cc(C)ccc1F. The molecule has 0 atom stereocenters. The fourth-order valence-electron chi connectivity index (χ4n) is 1.98. The van der Waals surface area contributed by atoms with Gasteiger partial charge in [0.1, 0.15) is 5.75 Å². The van der Waals surface area contributed by atoms with Crippen molar-refractivity contribution in [3.05, 3.63) is 57.8 Å². The van der Waals surface area contributed by atoms with Crippen LogP contribution in [0.2, 0.25) is 0 Å². The van der Waals surface area contributed by atoms with Gasteiger partial charge in [-0.05, 0) is 49.7 Å². The lowest BCUT2D eigenvalue weighted by atomic mass is 10.2. The maximum atomic E-state index is 13.8. The molecule has 112 valence electrons. The highest BCUT2D eigenvalue weighted by Crippen LogP contribution is 2.30. The van der Waals surface area contributed by atoms with Gasteiger partial charge in [0.2, 0.25) is 0 Å². The highest BCUT2D eigenvalue weighted by molar-refractivity contribution is 9.10. The molecule has 0 saturated carbocycles. The molecule has 0 fully saturated rings. The summed E-state index contributed by atoms with van der Waals surface area (Å²) in [4.78, 5) is 0. The molecule has 2 rings (SSSR count). The van der Waals surface area contributed by atoms with Crippen LogP contribution in [0.4, 0.5) is 4.39 Å². The van der Waals surface area contributed by atoms with Gasteiger partial charge in [-0.25, -0.2) is 4.39 Å². The predicted octanol–water partition coefficient (Wildman–Crippen LogP) is 5.19. The fourth-order valence-corrected chi connectivity index (χ4v) is 2.32. The first-order valence-corrected chi connectivity index (χ1v) is 7.82. The van der Waals surface area contributed by atoms with Crippen LogP contribution in [0.1, 0.15) is 24.5 Å². The van der Waals surface area contributed by atoms with Crippen LogP contribution in [0.3, 0.4) is 0 Å². The van der Waals surface area contributed by atoms with Crippen molar-refractivity contribution in [3.63, 3.8) is 0 Å². The van der Waals surface area contributed by atoms with Crippen LogP contribution in [-0.4, -0.2) is 6.54 Å². The Labute approximate surface area is 133 Å². The first kappa shape index (κ1) is 16.0. The molecule has 1 N–H and O–H groups in total. The molecule has 0 radical (unpaired) electrons. The summed E-state index contributed by atoms with van der Waals surface area (Å²) in [6.45, 7) is 5.67. The van der Waals surface area contributed by atoms with Crippen LogP contribution in [0.15, 0.2) is 40.9 Å². The molecule has 2 nitrogen and oxygen atoms in total. The Hall–Kier alpha value is -1.39. The highest BCUT2D eigenvalue weighted by atomic mass is 79.9. The molecule has 0 bridgehead atoms. The minimum atomic E-state index is -0.354. The Morgan fingerprint density at radius 3 is 2.71 bits per heavy atom. The van der Waals surface area contributed by atoms with Crippen molar-refractivity contribution in [2.75, 3.05) is 6.54 Å². The summed E-state index contributed by atoms with van der Waals surface area (Å²) in [6, 6.07) is 10.7. The maximum Gasteiger partial charge on any atom is 0.165 e. The van der Waals surface area contributed by atoms with E-state index in [-0.39, 0.29) is 11.6 Å². The van der Waals surface area contributed by atoms with Gasteiger partial charge in [0.25, 0.3) is 0 Å². The number of benzene rings is 2. The van der Waals surface area contributed by atoms with Crippen molar-refractivity contribution in [2.24, 2.45) is 0 Å². The number of ether oxygens (including phenoxy) is 1. The number of hydrogen-bond acceptors (Lipinski definition) is 2. The van der Waals surface area contributed by atoms with Gasteiger partial charge < -0.3 is 10.1 Å². The number of rotatable bonds is 6. The lowest BCUT2D eigenvalue weighted by Crippen LogP contribution is -2.14. The molecule has 0 spiro atoms. The van der Waals surface area contributed by atoms with Crippen molar-refractivity contribution < 1.29 is 9.13 Å². The zero-order valence-corrected chi connectivity index (χ0v) is 13.8. The lowest BCUT2D eigenvalue weighted by Gasteiger charge is -2.13. The van der Waals surface area contributed by atoms with E-state index >= 15 is 0 Å². The average molecular weight is 352 g/mol. The number of halogens is 2. The lowest BCUT2D eigenvalue weighted by molar-refractivity contribution is 0.435. The molecule has 0 unspecified atom stereocenters. The number of aryl methyl sites for hydroxylation is 1. The fraction of sp³-hybridized carbons (Fsp3) is 0.294. The Balaban J connectivity index is 2.25. The molecule has 0 aliphatic rings. The summed E-state index contributed by atoms with van der Waals surface area (Å²) in [7, 11) is 0. The molecular formula is C17H19BrFNO. The quantitative estimate of drug-likeness (QED) is 0.723. The second-order valence-corrected chi connectivity index (χ2v) is 5.88. The van der Waals surface area contributed by atoms with Crippen LogP contribution in [0, 0.1) is 12.7 Å². The summed E-state index contributed by atoms with van der Waals surface area (Å²) in [5.41, 5.74) is 1.97. The van der Waals surface area contributed by atoms with Gasteiger partial charge in [-0.2, -0.15) is 0 Å². The second kappa shape index (κ2) is 7.57. The molecule has 0 heterocycles. The van der Waals surface area contributed by atoms with E-state index in [1.54, 1.807) is 12.1 Å². The van der Waals surface area contributed by atoms with E-state index in [1.165, 1.54) is 6.07 Å². The van der Waals surface area contributed by atoms with Crippen LogP contribution in [0.25, 0.3) is 0 Å². The molecule has 0 aliphatic heterocycles. The van der Waals surface area contributed by atoms with Gasteiger partial charge in [0.15, 0.2) is 11.6 Å². The maximum absolute atomic E-state index is 13.8. The van der Waals surface area contributed by atoms with E-state index in [1.807, 2.05) is 25.1 Å². The molecule has 0 aromatic heterocycles. The zero-order chi connectivity index (χ0) is 15.2. The van der Waals surface area contributed by atoms with E-state index in [4.69, 9.17) is 4.74 Å². The van der Waals surface area contributed by atoms with Crippen LogP contribution in [0.5, 0.6) is 11.5 Å². The van der Waals surface area contributed by atoms with Crippen molar-refractivity contribution in [1.82, 2.24) is 5.32 Å². The van der Waals surface area contributed by atoms with Gasteiger partial charge >= 0.3 is 0 Å². The highest BCUT2D eigenvalue weighted by Gasteiger charge is 2.09. The molecule has 21 heavy (non-hydrogen) atoms. The number of hydrogen-bond donors (Lipinski definition) is 1. The van der Waals surface area contributed by atoms with Crippen LogP contribution >= 0.6 is 15.9 Å². The van der Waals surface area contributed by atoms with Crippen molar-refractivity contribution >= 4 is 15.9 Å². The normalized spacial score (nSPS) is 10.7. The van der Waals surface area contributed by atoms with E-state index in [0.717, 1.165) is 28.6 Å². The minimum Gasteiger partial charge on any atom is -0.454 e. The second-order valence-electron chi connectivity index (χ2n) is 4.96. The summed E-state index contributed by atoms with van der Waals surface area (Å²) in [6.07, 6.45) is 1.07. The van der Waals surface area contributed by atoms with Gasteiger partial charge in [-0.15, -0.1) is 0 Å². The van der Waals surface area contributed by atoms with Gasteiger partial charge in [-0.1, -0.05) is 35.0 Å². The number of nitrogens with one attached hydrogen (secondary N) is 1. The third-order valence-electron chi connectivity index (χ3n) is 3.08. The van der Waals surface area contributed by atoms with Crippen molar-refractivity contribution in [2.45, 2.75) is 26.8 Å². The first-order chi connectivity index (χ1) is 10.1. The van der Waals surface area contributed by atoms with Crippen molar-refractivity contribution in [3.8, 4) is 11.5 Å². The Morgan fingerprint density at radius 2 is 1.95 bits per heavy atom. The van der Waals surface area contributed by atoms with Gasteiger partial charge in [-0.3, -0.25) is 0 Å². The topological polar surface area (TPSA) is 21.3 Å². The first-order valence-electron chi connectivity index (χ1n) is 7.03.